The van der Waals surface area contributed by atoms with Gasteiger partial charge in [-0.3, -0.25) is 19.5 Å². The smallest absolute Gasteiger partial charge is 0.323 e. The van der Waals surface area contributed by atoms with Crippen molar-refractivity contribution in [3.05, 3.63) is 65.9 Å². The number of nitrogens with one attached hydrogen (secondary N) is 2. The summed E-state index contributed by atoms with van der Waals surface area (Å²) in [5.74, 6) is -0.697. The van der Waals surface area contributed by atoms with Crippen molar-refractivity contribution in [3.8, 4) is 0 Å². The molecule has 8 nitrogen and oxygen atoms in total. The molecule has 1 aromatic heterocycles. The molecule has 0 saturated carbocycles. The van der Waals surface area contributed by atoms with Crippen molar-refractivity contribution < 1.29 is 19.1 Å². The van der Waals surface area contributed by atoms with Crippen LogP contribution in [0.1, 0.15) is 27.1 Å². The topological polar surface area (TPSA) is 101 Å². The number of fused-ring (bicyclic) bond motifs is 2. The number of amides is 4. The number of hydrogen-bond donors (Lipinski definition) is 2. The van der Waals surface area contributed by atoms with E-state index in [1.807, 2.05) is 24.3 Å². The van der Waals surface area contributed by atoms with Crippen LogP contribution in [0.2, 0.25) is 0 Å². The predicted molar refractivity (Wildman–Crippen MR) is 113 cm³/mol. The van der Waals surface area contributed by atoms with Gasteiger partial charge in [0, 0.05) is 37.5 Å². The highest BCUT2D eigenvalue weighted by molar-refractivity contribution is 6.22. The van der Waals surface area contributed by atoms with Gasteiger partial charge in [-0.15, -0.1) is 0 Å². The zero-order chi connectivity index (χ0) is 21.1. The van der Waals surface area contributed by atoms with Crippen LogP contribution < -0.4 is 10.6 Å². The van der Waals surface area contributed by atoms with E-state index in [1.54, 1.807) is 31.5 Å². The number of methoxy groups -OCH3 is 1. The minimum Gasteiger partial charge on any atom is -0.385 e. The lowest BCUT2D eigenvalue weighted by Gasteiger charge is -2.12. The third kappa shape index (κ3) is 3.72. The van der Waals surface area contributed by atoms with E-state index in [0.29, 0.717) is 35.5 Å². The first-order chi connectivity index (χ1) is 14.6. The lowest BCUT2D eigenvalue weighted by molar-refractivity contribution is 0.0638. The van der Waals surface area contributed by atoms with Crippen molar-refractivity contribution >= 4 is 40.1 Å². The number of aromatic nitrogens is 1. The molecule has 0 radical (unpaired) electrons. The van der Waals surface area contributed by atoms with Crippen LogP contribution in [0.25, 0.3) is 10.9 Å². The Balaban J connectivity index is 1.48. The number of nitrogens with zero attached hydrogens (tertiary/aromatic N) is 2. The Labute approximate surface area is 172 Å². The van der Waals surface area contributed by atoms with E-state index >= 15 is 0 Å². The molecular weight excluding hydrogens is 384 g/mol. The maximum Gasteiger partial charge on any atom is 0.323 e. The molecule has 0 bridgehead atoms. The summed E-state index contributed by atoms with van der Waals surface area (Å²) in [6.45, 7) is 0.751. The molecule has 0 atom stereocenters. The second-order valence-corrected chi connectivity index (χ2v) is 6.83. The fourth-order valence-electron chi connectivity index (χ4n) is 3.43. The first-order valence-electron chi connectivity index (χ1n) is 9.49. The third-order valence-corrected chi connectivity index (χ3v) is 4.84. The SMILES string of the molecule is COCCCN1C(=O)c2ccc(NC(=O)Nc3cccc4cccnc34)cc2C1=O. The maximum absolute atomic E-state index is 12.6. The number of carbonyl (C=O) groups excluding carboxylic acids is 3. The Morgan fingerprint density at radius 3 is 2.67 bits per heavy atom. The fraction of sp³-hybridized carbons (Fsp3) is 0.182. The normalized spacial score (nSPS) is 12.9. The monoisotopic (exact) mass is 404 g/mol. The molecule has 2 N–H and O–H groups in total. The summed E-state index contributed by atoms with van der Waals surface area (Å²) in [5.41, 5.74) is 2.28. The molecule has 0 saturated heterocycles. The number of benzene rings is 2. The molecule has 0 unspecified atom stereocenters. The Morgan fingerprint density at radius 1 is 1.03 bits per heavy atom. The Kier molecular flexibility index (Phi) is 5.40. The molecule has 2 heterocycles. The number of urea groups is 1. The fourth-order valence-corrected chi connectivity index (χ4v) is 3.43. The maximum atomic E-state index is 12.6. The predicted octanol–water partition coefficient (Wildman–Crippen LogP) is 3.51. The largest absolute Gasteiger partial charge is 0.385 e. The van der Waals surface area contributed by atoms with Crippen LogP contribution in [0.15, 0.2) is 54.7 Å². The van der Waals surface area contributed by atoms with Crippen LogP contribution in [0.5, 0.6) is 0 Å². The molecule has 0 aliphatic carbocycles. The average Bonchev–Trinajstić information content (AvgIpc) is 2.98. The molecule has 1 aliphatic heterocycles. The highest BCUT2D eigenvalue weighted by atomic mass is 16.5. The summed E-state index contributed by atoms with van der Waals surface area (Å²) in [7, 11) is 1.57. The van der Waals surface area contributed by atoms with Crippen LogP contribution in [-0.4, -0.2) is 48.0 Å². The van der Waals surface area contributed by atoms with Crippen LogP contribution >= 0.6 is 0 Å². The molecule has 2 aromatic carbocycles. The Bertz CT molecular complexity index is 1140. The number of pyridine rings is 1. The van der Waals surface area contributed by atoms with Gasteiger partial charge >= 0.3 is 6.03 Å². The molecule has 4 amide bonds. The van der Waals surface area contributed by atoms with Gasteiger partial charge in [-0.25, -0.2) is 4.79 Å². The number of para-hydroxylation sites is 1. The van der Waals surface area contributed by atoms with Crippen molar-refractivity contribution in [2.75, 3.05) is 30.9 Å². The van der Waals surface area contributed by atoms with E-state index in [1.165, 1.54) is 11.0 Å². The van der Waals surface area contributed by atoms with Gasteiger partial charge in [-0.2, -0.15) is 0 Å². The van der Waals surface area contributed by atoms with Crippen molar-refractivity contribution in [2.24, 2.45) is 0 Å². The second kappa shape index (κ2) is 8.30. The minimum absolute atomic E-state index is 0.280. The standard InChI is InChI=1S/C22H20N4O4/c1-30-12-4-11-26-20(27)16-9-8-15(13-17(16)21(26)28)24-22(29)25-18-7-2-5-14-6-3-10-23-19(14)18/h2-3,5-10,13H,4,11-12H2,1H3,(H2,24,25,29). The molecule has 3 aromatic rings. The van der Waals surface area contributed by atoms with E-state index in [9.17, 15) is 14.4 Å². The highest BCUT2D eigenvalue weighted by Gasteiger charge is 2.35. The van der Waals surface area contributed by atoms with Crippen molar-refractivity contribution in [1.82, 2.24) is 9.88 Å². The summed E-state index contributed by atoms with van der Waals surface area (Å²) >= 11 is 0. The molecule has 152 valence electrons. The van der Waals surface area contributed by atoms with E-state index in [0.717, 1.165) is 5.39 Å². The van der Waals surface area contributed by atoms with Gasteiger partial charge < -0.3 is 15.4 Å². The summed E-state index contributed by atoms with van der Waals surface area (Å²) in [6.07, 6.45) is 2.22. The summed E-state index contributed by atoms with van der Waals surface area (Å²) in [6, 6.07) is 13.4. The van der Waals surface area contributed by atoms with Gasteiger partial charge in [-0.05, 0) is 36.8 Å². The van der Waals surface area contributed by atoms with Crippen molar-refractivity contribution in [1.29, 1.82) is 0 Å². The number of hydrogen-bond acceptors (Lipinski definition) is 5. The lowest BCUT2D eigenvalue weighted by Crippen LogP contribution is -2.31. The number of carbonyl (C=O) groups is 3. The molecule has 1 aliphatic rings. The summed E-state index contributed by atoms with van der Waals surface area (Å²) in [5, 5.41) is 6.39. The molecule has 4 rings (SSSR count). The summed E-state index contributed by atoms with van der Waals surface area (Å²) < 4.78 is 4.98. The molecule has 0 fully saturated rings. The molecule has 30 heavy (non-hydrogen) atoms. The first-order valence-corrected chi connectivity index (χ1v) is 9.49. The van der Waals surface area contributed by atoms with E-state index in [2.05, 4.69) is 15.6 Å². The van der Waals surface area contributed by atoms with Gasteiger partial charge in [-0.1, -0.05) is 18.2 Å². The average molecular weight is 404 g/mol. The van der Waals surface area contributed by atoms with Gasteiger partial charge in [0.1, 0.15) is 0 Å². The van der Waals surface area contributed by atoms with Gasteiger partial charge in [0.05, 0.1) is 22.3 Å². The highest BCUT2D eigenvalue weighted by Crippen LogP contribution is 2.26. The Morgan fingerprint density at radius 2 is 1.83 bits per heavy atom. The van der Waals surface area contributed by atoms with Gasteiger partial charge in [0.2, 0.25) is 0 Å². The van der Waals surface area contributed by atoms with Crippen LogP contribution in [0.4, 0.5) is 16.2 Å². The lowest BCUT2D eigenvalue weighted by atomic mass is 10.1. The summed E-state index contributed by atoms with van der Waals surface area (Å²) in [4.78, 5) is 43.1. The second-order valence-electron chi connectivity index (χ2n) is 6.83. The number of ether oxygens (including phenoxy) is 1. The zero-order valence-corrected chi connectivity index (χ0v) is 16.3. The molecule has 0 spiro atoms. The number of rotatable bonds is 6. The van der Waals surface area contributed by atoms with Crippen LogP contribution in [0.3, 0.4) is 0 Å². The van der Waals surface area contributed by atoms with Crippen LogP contribution in [0, 0.1) is 0 Å². The zero-order valence-electron chi connectivity index (χ0n) is 16.3. The van der Waals surface area contributed by atoms with Crippen LogP contribution in [-0.2, 0) is 4.74 Å². The molecular formula is C22H20N4O4. The third-order valence-electron chi connectivity index (χ3n) is 4.84. The first kappa shape index (κ1) is 19.5. The quantitative estimate of drug-likeness (QED) is 0.484. The Hall–Kier alpha value is -3.78. The van der Waals surface area contributed by atoms with E-state index in [-0.39, 0.29) is 23.9 Å². The molecule has 8 heteroatoms. The van der Waals surface area contributed by atoms with Crippen molar-refractivity contribution in [2.45, 2.75) is 6.42 Å². The van der Waals surface area contributed by atoms with E-state index in [4.69, 9.17) is 4.74 Å². The van der Waals surface area contributed by atoms with Gasteiger partial charge in [0.25, 0.3) is 11.8 Å². The van der Waals surface area contributed by atoms with E-state index < -0.39 is 6.03 Å². The number of imide groups is 1. The van der Waals surface area contributed by atoms with Crippen molar-refractivity contribution in [3.63, 3.8) is 0 Å². The number of anilines is 2. The van der Waals surface area contributed by atoms with Gasteiger partial charge in [0.15, 0.2) is 0 Å². The minimum atomic E-state index is -0.471.